The number of carbonyl (C=O) groups excluding carboxylic acids is 1. The molecular weight excluding hydrogens is 282 g/mol. The Balaban J connectivity index is 1.62. The number of hydrogen-bond donors (Lipinski definition) is 0. The molecule has 1 atom stereocenters. The zero-order chi connectivity index (χ0) is 14.9. The zero-order valence-electron chi connectivity index (χ0n) is 12.2. The van der Waals surface area contributed by atoms with Crippen LogP contribution in [0.25, 0.3) is 0 Å². The molecule has 1 aromatic heterocycles. The van der Waals surface area contributed by atoms with Crippen molar-refractivity contribution in [3.8, 4) is 11.5 Å². The smallest absolute Gasteiger partial charge is 0.257 e. The molecule has 1 amide bonds. The molecule has 0 aliphatic carbocycles. The Morgan fingerprint density at radius 1 is 1.14 bits per heavy atom. The molecule has 1 fully saturated rings. The highest BCUT2D eigenvalue weighted by atomic mass is 16.6. The van der Waals surface area contributed by atoms with E-state index >= 15 is 0 Å². The molecule has 2 aliphatic heterocycles. The van der Waals surface area contributed by atoms with E-state index in [-0.39, 0.29) is 11.9 Å². The second-order valence-corrected chi connectivity index (χ2v) is 5.57. The molecule has 0 spiro atoms. The lowest BCUT2D eigenvalue weighted by Gasteiger charge is -2.26. The van der Waals surface area contributed by atoms with Gasteiger partial charge in [-0.05, 0) is 36.6 Å². The molecule has 4 rings (SSSR count). The van der Waals surface area contributed by atoms with Crippen LogP contribution in [0.2, 0.25) is 0 Å². The molecule has 1 unspecified atom stereocenters. The van der Waals surface area contributed by atoms with Crippen molar-refractivity contribution in [1.82, 2.24) is 4.90 Å². The third-order valence-electron chi connectivity index (χ3n) is 4.23. The summed E-state index contributed by atoms with van der Waals surface area (Å²) in [4.78, 5) is 14.5. The van der Waals surface area contributed by atoms with Gasteiger partial charge in [0.1, 0.15) is 19.5 Å². The second kappa shape index (κ2) is 5.40. The highest BCUT2D eigenvalue weighted by Crippen LogP contribution is 2.38. The van der Waals surface area contributed by atoms with E-state index in [1.807, 2.05) is 23.1 Å². The molecule has 0 N–H and O–H groups in total. The number of rotatable bonds is 2. The maximum absolute atomic E-state index is 12.6. The summed E-state index contributed by atoms with van der Waals surface area (Å²) in [7, 11) is 0. The van der Waals surface area contributed by atoms with Crippen LogP contribution in [0.4, 0.5) is 0 Å². The normalized spacial score (nSPS) is 20.2. The van der Waals surface area contributed by atoms with Gasteiger partial charge in [-0.3, -0.25) is 4.79 Å². The lowest BCUT2D eigenvalue weighted by molar-refractivity contribution is 0.0734. The molecule has 1 saturated heterocycles. The van der Waals surface area contributed by atoms with Crippen molar-refractivity contribution in [2.75, 3.05) is 19.8 Å². The van der Waals surface area contributed by atoms with Crippen LogP contribution in [0.1, 0.15) is 34.8 Å². The first-order valence-corrected chi connectivity index (χ1v) is 7.55. The summed E-state index contributed by atoms with van der Waals surface area (Å²) in [5.74, 6) is 1.57. The van der Waals surface area contributed by atoms with Crippen molar-refractivity contribution in [2.24, 2.45) is 0 Å². The summed E-state index contributed by atoms with van der Waals surface area (Å²) in [5.41, 5.74) is 1.70. The topological polar surface area (TPSA) is 51.9 Å². The van der Waals surface area contributed by atoms with Crippen LogP contribution in [0.5, 0.6) is 11.5 Å². The zero-order valence-corrected chi connectivity index (χ0v) is 12.2. The number of carbonyl (C=O) groups is 1. The van der Waals surface area contributed by atoms with Gasteiger partial charge in [0.2, 0.25) is 0 Å². The van der Waals surface area contributed by atoms with Crippen LogP contribution in [-0.2, 0) is 0 Å². The number of ether oxygens (including phenoxy) is 2. The monoisotopic (exact) mass is 299 g/mol. The first-order valence-electron chi connectivity index (χ1n) is 7.55. The highest BCUT2D eigenvalue weighted by molar-refractivity contribution is 5.94. The first kappa shape index (κ1) is 13.2. The quantitative estimate of drug-likeness (QED) is 0.855. The Morgan fingerprint density at radius 3 is 2.82 bits per heavy atom. The largest absolute Gasteiger partial charge is 0.486 e. The molecule has 2 aliphatic rings. The summed E-state index contributed by atoms with van der Waals surface area (Å²) in [6.07, 6.45) is 5.00. The fourth-order valence-electron chi connectivity index (χ4n) is 3.18. The molecule has 0 radical (unpaired) electrons. The number of amides is 1. The van der Waals surface area contributed by atoms with Crippen molar-refractivity contribution in [2.45, 2.75) is 18.9 Å². The molecule has 5 nitrogen and oxygen atoms in total. The fraction of sp³-hybridized carbons (Fsp3) is 0.353. The SMILES string of the molecule is O=C(c1ccoc1)N1CCCC1c1ccc2c(c1)OCCO2. The Kier molecular flexibility index (Phi) is 3.25. The van der Waals surface area contributed by atoms with Crippen molar-refractivity contribution in [3.05, 3.63) is 47.9 Å². The predicted molar refractivity (Wildman–Crippen MR) is 79.2 cm³/mol. The maximum Gasteiger partial charge on any atom is 0.257 e. The van der Waals surface area contributed by atoms with Gasteiger partial charge in [0.15, 0.2) is 11.5 Å². The van der Waals surface area contributed by atoms with Gasteiger partial charge >= 0.3 is 0 Å². The molecule has 0 bridgehead atoms. The molecular formula is C17H17NO4. The van der Waals surface area contributed by atoms with Gasteiger partial charge < -0.3 is 18.8 Å². The van der Waals surface area contributed by atoms with Crippen LogP contribution >= 0.6 is 0 Å². The average molecular weight is 299 g/mol. The molecule has 5 heteroatoms. The summed E-state index contributed by atoms with van der Waals surface area (Å²) < 4.78 is 16.2. The minimum Gasteiger partial charge on any atom is -0.486 e. The molecule has 22 heavy (non-hydrogen) atoms. The van der Waals surface area contributed by atoms with Gasteiger partial charge in [-0.15, -0.1) is 0 Å². The van der Waals surface area contributed by atoms with Crippen molar-refractivity contribution >= 4 is 5.91 Å². The number of likely N-dealkylation sites (tertiary alicyclic amines) is 1. The van der Waals surface area contributed by atoms with E-state index in [0.29, 0.717) is 18.8 Å². The Morgan fingerprint density at radius 2 is 2.00 bits per heavy atom. The highest BCUT2D eigenvalue weighted by Gasteiger charge is 2.31. The predicted octanol–water partition coefficient (Wildman–Crippen LogP) is 3.03. The molecule has 2 aromatic rings. The third-order valence-corrected chi connectivity index (χ3v) is 4.23. The number of nitrogens with zero attached hydrogens (tertiary/aromatic N) is 1. The summed E-state index contributed by atoms with van der Waals surface area (Å²) in [6.45, 7) is 1.92. The number of furan rings is 1. The van der Waals surface area contributed by atoms with Gasteiger partial charge in [-0.1, -0.05) is 6.07 Å². The average Bonchev–Trinajstić information content (AvgIpc) is 3.25. The van der Waals surface area contributed by atoms with E-state index in [1.54, 1.807) is 6.07 Å². The van der Waals surface area contributed by atoms with Crippen LogP contribution in [-0.4, -0.2) is 30.6 Å². The van der Waals surface area contributed by atoms with Crippen LogP contribution < -0.4 is 9.47 Å². The van der Waals surface area contributed by atoms with E-state index in [0.717, 1.165) is 36.4 Å². The summed E-state index contributed by atoms with van der Waals surface area (Å²) in [6, 6.07) is 7.75. The number of hydrogen-bond acceptors (Lipinski definition) is 4. The number of benzene rings is 1. The Bertz CT molecular complexity index is 680. The Labute approximate surface area is 128 Å². The fourth-order valence-corrected chi connectivity index (χ4v) is 3.18. The lowest BCUT2D eigenvalue weighted by atomic mass is 10.0. The molecule has 0 saturated carbocycles. The van der Waals surface area contributed by atoms with Crippen LogP contribution in [0, 0.1) is 0 Å². The third kappa shape index (κ3) is 2.22. The maximum atomic E-state index is 12.6. The van der Waals surface area contributed by atoms with E-state index in [2.05, 4.69) is 0 Å². The molecule has 114 valence electrons. The Hall–Kier alpha value is -2.43. The number of fused-ring (bicyclic) bond motifs is 1. The van der Waals surface area contributed by atoms with Crippen molar-refractivity contribution < 1.29 is 18.7 Å². The summed E-state index contributed by atoms with van der Waals surface area (Å²) >= 11 is 0. The molecule has 1 aromatic carbocycles. The van der Waals surface area contributed by atoms with Gasteiger partial charge in [0.25, 0.3) is 5.91 Å². The van der Waals surface area contributed by atoms with E-state index < -0.39 is 0 Å². The van der Waals surface area contributed by atoms with Crippen molar-refractivity contribution in [3.63, 3.8) is 0 Å². The van der Waals surface area contributed by atoms with E-state index in [9.17, 15) is 4.79 Å². The van der Waals surface area contributed by atoms with Crippen molar-refractivity contribution in [1.29, 1.82) is 0 Å². The standard InChI is InChI=1S/C17H17NO4/c19-17(13-5-7-20-11-13)18-6-1-2-14(18)12-3-4-15-16(10-12)22-9-8-21-15/h3-5,7,10-11,14H,1-2,6,8-9H2. The van der Waals surface area contributed by atoms with E-state index in [1.165, 1.54) is 12.5 Å². The molecule has 3 heterocycles. The lowest BCUT2D eigenvalue weighted by Crippen LogP contribution is -2.30. The van der Waals surface area contributed by atoms with Crippen LogP contribution in [0.15, 0.2) is 41.2 Å². The van der Waals surface area contributed by atoms with Gasteiger partial charge in [-0.2, -0.15) is 0 Å². The second-order valence-electron chi connectivity index (χ2n) is 5.57. The van der Waals surface area contributed by atoms with Gasteiger partial charge in [0.05, 0.1) is 17.9 Å². The van der Waals surface area contributed by atoms with Gasteiger partial charge in [-0.25, -0.2) is 0 Å². The summed E-state index contributed by atoms with van der Waals surface area (Å²) in [5, 5.41) is 0. The van der Waals surface area contributed by atoms with Gasteiger partial charge in [0, 0.05) is 6.54 Å². The minimum absolute atomic E-state index is 0.0196. The first-order chi connectivity index (χ1) is 10.8. The van der Waals surface area contributed by atoms with Crippen LogP contribution in [0.3, 0.4) is 0 Å². The minimum atomic E-state index is 0.0196. The van der Waals surface area contributed by atoms with E-state index in [4.69, 9.17) is 13.9 Å².